The van der Waals surface area contributed by atoms with E-state index < -0.39 is 0 Å². The fraction of sp³-hybridized carbons (Fsp3) is 0.692. The van der Waals surface area contributed by atoms with Gasteiger partial charge in [0.15, 0.2) is 0 Å². The van der Waals surface area contributed by atoms with E-state index >= 15 is 0 Å². The third kappa shape index (κ3) is 4.12. The van der Waals surface area contributed by atoms with Crippen molar-refractivity contribution in [2.24, 2.45) is 0 Å². The molecular formula is C13H23BrN4. The summed E-state index contributed by atoms with van der Waals surface area (Å²) in [6.45, 7) is 9.43. The van der Waals surface area contributed by atoms with Gasteiger partial charge < -0.3 is 10.2 Å². The predicted molar refractivity (Wildman–Crippen MR) is 81.3 cm³/mol. The highest BCUT2D eigenvalue weighted by molar-refractivity contribution is 9.10. The standard InChI is InChI=1S/C13H23BrN4/c1-4-7-9-18(6-3)13-11(14)12(15-8-5-2)16-10-17-13/h10H,4-9H2,1-3H3,(H,15,16,17). The van der Waals surface area contributed by atoms with Crippen molar-refractivity contribution in [3.8, 4) is 0 Å². The molecular weight excluding hydrogens is 292 g/mol. The smallest absolute Gasteiger partial charge is 0.148 e. The van der Waals surface area contributed by atoms with E-state index in [0.717, 1.165) is 42.2 Å². The van der Waals surface area contributed by atoms with Crippen molar-refractivity contribution in [1.29, 1.82) is 0 Å². The van der Waals surface area contributed by atoms with Crippen molar-refractivity contribution < 1.29 is 0 Å². The van der Waals surface area contributed by atoms with Gasteiger partial charge in [-0.2, -0.15) is 0 Å². The van der Waals surface area contributed by atoms with E-state index in [4.69, 9.17) is 0 Å². The van der Waals surface area contributed by atoms with Gasteiger partial charge in [-0.3, -0.25) is 0 Å². The Morgan fingerprint density at radius 3 is 2.61 bits per heavy atom. The van der Waals surface area contributed by atoms with Crippen LogP contribution >= 0.6 is 15.9 Å². The number of nitrogens with zero attached hydrogens (tertiary/aromatic N) is 3. The average Bonchev–Trinajstić information content (AvgIpc) is 2.40. The maximum atomic E-state index is 4.40. The summed E-state index contributed by atoms with van der Waals surface area (Å²) in [4.78, 5) is 11.0. The van der Waals surface area contributed by atoms with Gasteiger partial charge >= 0.3 is 0 Å². The molecule has 0 aliphatic heterocycles. The summed E-state index contributed by atoms with van der Waals surface area (Å²) in [7, 11) is 0. The topological polar surface area (TPSA) is 41.1 Å². The first kappa shape index (κ1) is 15.2. The lowest BCUT2D eigenvalue weighted by molar-refractivity contribution is 0.721. The molecule has 0 atom stereocenters. The monoisotopic (exact) mass is 314 g/mol. The average molecular weight is 315 g/mol. The molecule has 102 valence electrons. The molecule has 0 radical (unpaired) electrons. The van der Waals surface area contributed by atoms with Crippen LogP contribution in [0.5, 0.6) is 0 Å². The Kier molecular flexibility index (Phi) is 7.01. The fourth-order valence-corrected chi connectivity index (χ4v) is 2.31. The molecule has 0 unspecified atom stereocenters. The predicted octanol–water partition coefficient (Wildman–Crippen LogP) is 3.69. The maximum absolute atomic E-state index is 4.40. The van der Waals surface area contributed by atoms with Gasteiger partial charge in [-0.1, -0.05) is 20.3 Å². The Labute approximate surface area is 118 Å². The summed E-state index contributed by atoms with van der Waals surface area (Å²) in [6.07, 6.45) is 5.09. The molecule has 0 fully saturated rings. The van der Waals surface area contributed by atoms with Gasteiger partial charge in [0.1, 0.15) is 22.4 Å². The number of anilines is 2. The first-order chi connectivity index (χ1) is 8.74. The lowest BCUT2D eigenvalue weighted by Crippen LogP contribution is -2.25. The second kappa shape index (κ2) is 8.29. The van der Waals surface area contributed by atoms with Gasteiger partial charge in [0.25, 0.3) is 0 Å². The maximum Gasteiger partial charge on any atom is 0.148 e. The van der Waals surface area contributed by atoms with Gasteiger partial charge in [-0.05, 0) is 35.7 Å². The molecule has 1 aromatic rings. The van der Waals surface area contributed by atoms with Crippen LogP contribution in [0.15, 0.2) is 10.8 Å². The van der Waals surface area contributed by atoms with Crippen molar-refractivity contribution in [3.05, 3.63) is 10.8 Å². The normalized spacial score (nSPS) is 10.4. The number of halogens is 1. The third-order valence-electron chi connectivity index (χ3n) is 2.78. The molecule has 4 nitrogen and oxygen atoms in total. The number of aromatic nitrogens is 2. The first-order valence-corrected chi connectivity index (χ1v) is 7.53. The Hall–Kier alpha value is -0.840. The number of hydrogen-bond donors (Lipinski definition) is 1. The van der Waals surface area contributed by atoms with Gasteiger partial charge in [-0.25, -0.2) is 9.97 Å². The van der Waals surface area contributed by atoms with Crippen LogP contribution < -0.4 is 10.2 Å². The molecule has 0 amide bonds. The van der Waals surface area contributed by atoms with E-state index in [1.807, 2.05) is 0 Å². The molecule has 0 aliphatic rings. The molecule has 1 heterocycles. The summed E-state index contributed by atoms with van der Waals surface area (Å²) < 4.78 is 0.969. The van der Waals surface area contributed by atoms with Crippen LogP contribution in [0.1, 0.15) is 40.0 Å². The molecule has 0 aliphatic carbocycles. The Balaban J connectivity index is 2.86. The third-order valence-corrected chi connectivity index (χ3v) is 3.51. The van der Waals surface area contributed by atoms with Crippen molar-refractivity contribution >= 4 is 27.6 Å². The van der Waals surface area contributed by atoms with Crippen molar-refractivity contribution in [3.63, 3.8) is 0 Å². The van der Waals surface area contributed by atoms with E-state index in [-0.39, 0.29) is 0 Å². The SMILES string of the molecule is CCCCN(CC)c1ncnc(NCCC)c1Br. The molecule has 18 heavy (non-hydrogen) atoms. The minimum Gasteiger partial charge on any atom is -0.369 e. The van der Waals surface area contributed by atoms with Crippen LogP contribution in [-0.2, 0) is 0 Å². The highest BCUT2D eigenvalue weighted by Crippen LogP contribution is 2.29. The number of hydrogen-bond acceptors (Lipinski definition) is 4. The van der Waals surface area contributed by atoms with Crippen molar-refractivity contribution in [1.82, 2.24) is 9.97 Å². The largest absolute Gasteiger partial charge is 0.369 e. The van der Waals surface area contributed by atoms with Crippen LogP contribution in [0.4, 0.5) is 11.6 Å². The molecule has 5 heteroatoms. The lowest BCUT2D eigenvalue weighted by Gasteiger charge is -2.23. The van der Waals surface area contributed by atoms with Gasteiger partial charge in [0.05, 0.1) is 0 Å². The van der Waals surface area contributed by atoms with E-state index in [0.29, 0.717) is 0 Å². The van der Waals surface area contributed by atoms with Crippen LogP contribution in [0.3, 0.4) is 0 Å². The summed E-state index contributed by atoms with van der Waals surface area (Å²) in [5.74, 6) is 1.87. The minimum atomic E-state index is 0.886. The van der Waals surface area contributed by atoms with E-state index in [1.54, 1.807) is 6.33 Å². The second-order valence-electron chi connectivity index (χ2n) is 4.22. The summed E-state index contributed by atoms with van der Waals surface area (Å²) in [5.41, 5.74) is 0. The highest BCUT2D eigenvalue weighted by atomic mass is 79.9. The molecule has 1 aromatic heterocycles. The Morgan fingerprint density at radius 2 is 2.00 bits per heavy atom. The van der Waals surface area contributed by atoms with Crippen LogP contribution in [0, 0.1) is 0 Å². The molecule has 1 N–H and O–H groups in total. The zero-order valence-corrected chi connectivity index (χ0v) is 13.1. The van der Waals surface area contributed by atoms with Crippen molar-refractivity contribution in [2.75, 3.05) is 29.9 Å². The van der Waals surface area contributed by atoms with Crippen LogP contribution in [-0.4, -0.2) is 29.6 Å². The molecule has 0 bridgehead atoms. The summed E-state index contributed by atoms with van der Waals surface area (Å²) >= 11 is 3.62. The molecule has 1 rings (SSSR count). The van der Waals surface area contributed by atoms with Crippen LogP contribution in [0.25, 0.3) is 0 Å². The lowest BCUT2D eigenvalue weighted by atomic mass is 10.3. The van der Waals surface area contributed by atoms with E-state index in [9.17, 15) is 0 Å². The van der Waals surface area contributed by atoms with Crippen molar-refractivity contribution in [2.45, 2.75) is 40.0 Å². The summed E-state index contributed by atoms with van der Waals surface area (Å²) in [6, 6.07) is 0. The van der Waals surface area contributed by atoms with Gasteiger partial charge in [0.2, 0.25) is 0 Å². The molecule has 0 saturated heterocycles. The van der Waals surface area contributed by atoms with Gasteiger partial charge in [0, 0.05) is 19.6 Å². The first-order valence-electron chi connectivity index (χ1n) is 6.73. The number of rotatable bonds is 8. The quantitative estimate of drug-likeness (QED) is 0.794. The number of unbranched alkanes of at least 4 members (excludes halogenated alkanes) is 1. The van der Waals surface area contributed by atoms with E-state index in [1.165, 1.54) is 12.8 Å². The van der Waals surface area contributed by atoms with E-state index in [2.05, 4.69) is 56.9 Å². The molecule has 0 saturated carbocycles. The second-order valence-corrected chi connectivity index (χ2v) is 5.01. The Bertz CT molecular complexity index is 357. The number of nitrogens with one attached hydrogen (secondary N) is 1. The molecule has 0 aromatic carbocycles. The Morgan fingerprint density at radius 1 is 1.22 bits per heavy atom. The molecule has 0 spiro atoms. The minimum absolute atomic E-state index is 0.886. The zero-order chi connectivity index (χ0) is 13.4. The van der Waals surface area contributed by atoms with Gasteiger partial charge in [-0.15, -0.1) is 0 Å². The summed E-state index contributed by atoms with van der Waals surface area (Å²) in [5, 5.41) is 3.31. The highest BCUT2D eigenvalue weighted by Gasteiger charge is 2.13. The fourth-order valence-electron chi connectivity index (χ4n) is 1.71. The van der Waals surface area contributed by atoms with Crippen LogP contribution in [0.2, 0.25) is 0 Å². The zero-order valence-electron chi connectivity index (χ0n) is 11.5.